The third kappa shape index (κ3) is 2.30. The van der Waals surface area contributed by atoms with Crippen LogP contribution in [0.3, 0.4) is 0 Å². The van der Waals surface area contributed by atoms with Gasteiger partial charge in [0.05, 0.1) is 12.3 Å². The number of hydrogen-bond acceptors (Lipinski definition) is 3. The molecule has 0 unspecified atom stereocenters. The van der Waals surface area contributed by atoms with Crippen molar-refractivity contribution in [1.29, 1.82) is 0 Å². The van der Waals surface area contributed by atoms with Gasteiger partial charge in [-0.05, 0) is 44.2 Å². The Kier molecular flexibility index (Phi) is 3.53. The second-order valence-corrected chi connectivity index (χ2v) is 6.05. The van der Waals surface area contributed by atoms with Gasteiger partial charge in [-0.2, -0.15) is 0 Å². The average Bonchev–Trinajstić information content (AvgIpc) is 2.62. The fourth-order valence-electron chi connectivity index (χ4n) is 3.28. The first-order valence-corrected chi connectivity index (χ1v) is 8.26. The maximum absolute atomic E-state index is 13.0. The molecule has 0 bridgehead atoms. The molecule has 0 aliphatic carbocycles. The van der Waals surface area contributed by atoms with Crippen molar-refractivity contribution in [2.75, 3.05) is 11.5 Å². The molecule has 1 aliphatic rings. The normalized spacial score (nSPS) is 13.4. The van der Waals surface area contributed by atoms with Crippen LogP contribution >= 0.6 is 0 Å². The predicted octanol–water partition coefficient (Wildman–Crippen LogP) is 4.35. The van der Waals surface area contributed by atoms with Crippen molar-refractivity contribution in [3.63, 3.8) is 0 Å². The Morgan fingerprint density at radius 2 is 1.56 bits per heavy atom. The van der Waals surface area contributed by atoms with E-state index in [4.69, 9.17) is 4.74 Å². The fraction of sp³-hybridized carbons (Fsp3) is 0.143. The van der Waals surface area contributed by atoms with E-state index in [9.17, 15) is 9.59 Å². The minimum atomic E-state index is -0.305. The summed E-state index contributed by atoms with van der Waals surface area (Å²) in [5, 5.41) is 1.47. The SMILES string of the molecule is CCOc1ccc2c3c(cccc13)C(=O)N(c1ccc(C)cc1)C2=O. The maximum atomic E-state index is 13.0. The van der Waals surface area contributed by atoms with Crippen molar-refractivity contribution in [3.8, 4) is 5.75 Å². The summed E-state index contributed by atoms with van der Waals surface area (Å²) in [6, 6.07) is 16.4. The molecular weight excluding hydrogens is 314 g/mol. The van der Waals surface area contributed by atoms with Gasteiger partial charge in [-0.3, -0.25) is 9.59 Å². The number of carbonyl (C=O) groups excluding carboxylic acids is 2. The van der Waals surface area contributed by atoms with Gasteiger partial charge in [-0.15, -0.1) is 0 Å². The molecule has 3 aromatic carbocycles. The molecule has 0 fully saturated rings. The average molecular weight is 331 g/mol. The third-order valence-electron chi connectivity index (χ3n) is 4.46. The summed E-state index contributed by atoms with van der Waals surface area (Å²) in [5.74, 6) is 0.0775. The number of ether oxygens (including phenoxy) is 1. The Labute approximate surface area is 145 Å². The zero-order valence-corrected chi connectivity index (χ0v) is 14.1. The molecule has 0 radical (unpaired) electrons. The van der Waals surface area contributed by atoms with Gasteiger partial charge in [0.25, 0.3) is 11.8 Å². The van der Waals surface area contributed by atoms with Crippen LogP contribution < -0.4 is 9.64 Å². The molecule has 4 rings (SSSR count). The van der Waals surface area contributed by atoms with Crippen LogP contribution in [-0.4, -0.2) is 18.4 Å². The van der Waals surface area contributed by atoms with Crippen molar-refractivity contribution in [2.45, 2.75) is 13.8 Å². The Bertz CT molecular complexity index is 983. The Balaban J connectivity index is 1.94. The highest BCUT2D eigenvalue weighted by molar-refractivity contribution is 6.36. The first-order valence-electron chi connectivity index (χ1n) is 8.26. The Morgan fingerprint density at radius 1 is 0.880 bits per heavy atom. The summed E-state index contributed by atoms with van der Waals surface area (Å²) in [6.07, 6.45) is 0. The lowest BCUT2D eigenvalue weighted by Crippen LogP contribution is -2.40. The number of amides is 2. The van der Waals surface area contributed by atoms with Gasteiger partial charge in [0.1, 0.15) is 5.75 Å². The molecule has 0 N–H and O–H groups in total. The number of benzene rings is 3. The fourth-order valence-corrected chi connectivity index (χ4v) is 3.28. The molecule has 2 amide bonds. The minimum Gasteiger partial charge on any atom is -0.493 e. The predicted molar refractivity (Wildman–Crippen MR) is 97.4 cm³/mol. The van der Waals surface area contributed by atoms with Crippen molar-refractivity contribution < 1.29 is 14.3 Å². The number of carbonyl (C=O) groups is 2. The van der Waals surface area contributed by atoms with Crippen LogP contribution in [0.5, 0.6) is 5.75 Å². The van der Waals surface area contributed by atoms with Crippen molar-refractivity contribution >= 4 is 28.3 Å². The van der Waals surface area contributed by atoms with Gasteiger partial charge in [0.2, 0.25) is 0 Å². The van der Waals surface area contributed by atoms with Gasteiger partial charge in [-0.1, -0.05) is 29.8 Å². The topological polar surface area (TPSA) is 46.6 Å². The number of rotatable bonds is 3. The first kappa shape index (κ1) is 15.4. The van der Waals surface area contributed by atoms with Crippen LogP contribution in [-0.2, 0) is 0 Å². The zero-order valence-electron chi connectivity index (χ0n) is 14.1. The maximum Gasteiger partial charge on any atom is 0.265 e. The lowest BCUT2D eigenvalue weighted by atomic mass is 9.93. The van der Waals surface area contributed by atoms with Crippen LogP contribution in [0, 0.1) is 6.92 Å². The van der Waals surface area contributed by atoms with E-state index < -0.39 is 0 Å². The van der Waals surface area contributed by atoms with E-state index in [0.717, 1.165) is 10.9 Å². The van der Waals surface area contributed by atoms with Crippen molar-refractivity contribution in [1.82, 2.24) is 0 Å². The van der Waals surface area contributed by atoms with Crippen molar-refractivity contribution in [3.05, 3.63) is 71.3 Å². The van der Waals surface area contributed by atoms with Gasteiger partial charge < -0.3 is 4.74 Å². The molecule has 3 aromatic rings. The quantitative estimate of drug-likeness (QED) is 0.670. The standard InChI is InChI=1S/C21H17NO3/c1-3-25-18-12-11-17-19-15(18)5-4-6-16(19)20(23)22(21(17)24)14-9-7-13(2)8-10-14/h4-12H,3H2,1-2H3. The van der Waals surface area contributed by atoms with E-state index in [0.29, 0.717) is 34.6 Å². The van der Waals surface area contributed by atoms with E-state index in [-0.39, 0.29) is 11.8 Å². The number of hydrogen-bond donors (Lipinski definition) is 0. The highest BCUT2D eigenvalue weighted by atomic mass is 16.5. The summed E-state index contributed by atoms with van der Waals surface area (Å²) in [5.41, 5.74) is 2.70. The molecule has 4 nitrogen and oxygen atoms in total. The number of aryl methyl sites for hydroxylation is 1. The first-order chi connectivity index (χ1) is 12.1. The lowest BCUT2D eigenvalue weighted by Gasteiger charge is -2.27. The summed E-state index contributed by atoms with van der Waals surface area (Å²) >= 11 is 0. The number of imide groups is 1. The van der Waals surface area contributed by atoms with Crippen LogP contribution in [0.25, 0.3) is 10.8 Å². The second-order valence-electron chi connectivity index (χ2n) is 6.05. The lowest BCUT2D eigenvalue weighted by molar-refractivity contribution is 0.0893. The summed E-state index contributed by atoms with van der Waals surface area (Å²) in [7, 11) is 0. The summed E-state index contributed by atoms with van der Waals surface area (Å²) in [6.45, 7) is 4.40. The highest BCUT2D eigenvalue weighted by Gasteiger charge is 2.34. The molecule has 1 heterocycles. The Morgan fingerprint density at radius 3 is 2.24 bits per heavy atom. The van der Waals surface area contributed by atoms with Gasteiger partial charge in [0.15, 0.2) is 0 Å². The van der Waals surface area contributed by atoms with Crippen LogP contribution in [0.4, 0.5) is 5.69 Å². The zero-order chi connectivity index (χ0) is 17.6. The molecule has 124 valence electrons. The van der Waals surface area contributed by atoms with E-state index in [1.54, 1.807) is 30.3 Å². The molecule has 0 atom stereocenters. The monoisotopic (exact) mass is 331 g/mol. The van der Waals surface area contributed by atoms with E-state index in [1.807, 2.05) is 38.1 Å². The van der Waals surface area contributed by atoms with Gasteiger partial charge >= 0.3 is 0 Å². The van der Waals surface area contributed by atoms with Crippen molar-refractivity contribution in [2.24, 2.45) is 0 Å². The molecule has 0 saturated carbocycles. The Hall–Kier alpha value is -3.14. The van der Waals surface area contributed by atoms with E-state index in [2.05, 4.69) is 0 Å². The molecule has 0 saturated heterocycles. The van der Waals surface area contributed by atoms with Crippen LogP contribution in [0.15, 0.2) is 54.6 Å². The van der Waals surface area contributed by atoms with Crippen LogP contribution in [0.1, 0.15) is 33.2 Å². The summed E-state index contributed by atoms with van der Waals surface area (Å²) < 4.78 is 5.66. The minimum absolute atomic E-state index is 0.305. The molecule has 4 heteroatoms. The highest BCUT2D eigenvalue weighted by Crippen LogP contribution is 2.37. The van der Waals surface area contributed by atoms with E-state index >= 15 is 0 Å². The molecular formula is C21H17NO3. The molecule has 0 aromatic heterocycles. The third-order valence-corrected chi connectivity index (χ3v) is 4.46. The van der Waals surface area contributed by atoms with E-state index in [1.165, 1.54) is 4.90 Å². The van der Waals surface area contributed by atoms with Gasteiger partial charge in [0, 0.05) is 21.9 Å². The molecule has 1 aliphatic heterocycles. The largest absolute Gasteiger partial charge is 0.493 e. The second kappa shape index (κ2) is 5.74. The number of anilines is 1. The van der Waals surface area contributed by atoms with Crippen LogP contribution in [0.2, 0.25) is 0 Å². The smallest absolute Gasteiger partial charge is 0.265 e. The summed E-state index contributed by atoms with van der Waals surface area (Å²) in [4.78, 5) is 27.3. The number of nitrogens with zero attached hydrogens (tertiary/aromatic N) is 1. The molecule has 0 spiro atoms. The van der Waals surface area contributed by atoms with Gasteiger partial charge in [-0.25, -0.2) is 4.90 Å². The molecule has 25 heavy (non-hydrogen) atoms.